The third-order valence-electron chi connectivity index (χ3n) is 5.20. The summed E-state index contributed by atoms with van der Waals surface area (Å²) in [5.41, 5.74) is 3.87. The van der Waals surface area contributed by atoms with E-state index in [0.29, 0.717) is 29.9 Å². The molecule has 3 aromatic carbocycles. The monoisotopic (exact) mass is 411 g/mol. The van der Waals surface area contributed by atoms with E-state index in [9.17, 15) is 0 Å². The molecule has 0 atom stereocenters. The van der Waals surface area contributed by atoms with Gasteiger partial charge in [0.25, 0.3) is 0 Å². The summed E-state index contributed by atoms with van der Waals surface area (Å²) in [5.74, 6) is 2.17. The zero-order valence-electron chi connectivity index (χ0n) is 17.3. The molecule has 6 heteroatoms. The van der Waals surface area contributed by atoms with Crippen molar-refractivity contribution < 1.29 is 13.9 Å². The number of fused-ring (bicyclic) bond motifs is 1. The lowest BCUT2D eigenvalue weighted by molar-refractivity contribution is 0.284. The highest BCUT2D eigenvalue weighted by Crippen LogP contribution is 2.35. The predicted octanol–water partition coefficient (Wildman–Crippen LogP) is 5.48. The molecular formula is C25H21N3O3. The van der Waals surface area contributed by atoms with Gasteiger partial charge in [-0.2, -0.15) is 0 Å². The fraction of sp³-hybridized carbons (Fsp3) is 0.120. The molecule has 0 bridgehead atoms. The van der Waals surface area contributed by atoms with Gasteiger partial charge in [-0.1, -0.05) is 48.5 Å². The van der Waals surface area contributed by atoms with E-state index in [1.54, 1.807) is 7.11 Å². The zero-order chi connectivity index (χ0) is 21.2. The number of aromatic nitrogens is 3. The van der Waals surface area contributed by atoms with Gasteiger partial charge in [0.05, 0.1) is 12.7 Å². The molecule has 0 radical (unpaired) electrons. The first-order valence-corrected chi connectivity index (χ1v) is 9.96. The molecule has 31 heavy (non-hydrogen) atoms. The van der Waals surface area contributed by atoms with Crippen LogP contribution in [0.5, 0.6) is 11.5 Å². The summed E-state index contributed by atoms with van der Waals surface area (Å²) in [4.78, 5) is 0. The Labute approximate surface area is 179 Å². The third kappa shape index (κ3) is 3.64. The van der Waals surface area contributed by atoms with E-state index in [1.807, 2.05) is 73.9 Å². The Bertz CT molecular complexity index is 1340. The van der Waals surface area contributed by atoms with Crippen molar-refractivity contribution in [2.75, 3.05) is 7.11 Å². The van der Waals surface area contributed by atoms with E-state index in [0.717, 1.165) is 27.6 Å². The van der Waals surface area contributed by atoms with Gasteiger partial charge in [0.1, 0.15) is 6.61 Å². The average Bonchev–Trinajstić information content (AvgIpc) is 3.43. The minimum atomic E-state index is 0.427. The van der Waals surface area contributed by atoms with Gasteiger partial charge >= 0.3 is 0 Å². The summed E-state index contributed by atoms with van der Waals surface area (Å²) in [6.45, 7) is 0.461. The molecule has 5 rings (SSSR count). The van der Waals surface area contributed by atoms with E-state index in [1.165, 1.54) is 0 Å². The van der Waals surface area contributed by atoms with E-state index in [-0.39, 0.29) is 0 Å². The maximum absolute atomic E-state index is 6.01. The number of ether oxygens (including phenoxy) is 2. The molecule has 0 N–H and O–H groups in total. The Morgan fingerprint density at radius 3 is 2.48 bits per heavy atom. The number of nitrogens with zero attached hydrogens (tertiary/aromatic N) is 3. The summed E-state index contributed by atoms with van der Waals surface area (Å²) in [7, 11) is 3.62. The lowest BCUT2D eigenvalue weighted by Crippen LogP contribution is -1.97. The Morgan fingerprint density at radius 1 is 0.871 bits per heavy atom. The van der Waals surface area contributed by atoms with Crippen LogP contribution in [0.15, 0.2) is 83.4 Å². The van der Waals surface area contributed by atoms with Crippen LogP contribution in [0.1, 0.15) is 5.56 Å². The number of rotatable bonds is 6. The molecular weight excluding hydrogens is 390 g/mol. The Balaban J connectivity index is 1.42. The van der Waals surface area contributed by atoms with Crippen LogP contribution in [0.3, 0.4) is 0 Å². The molecule has 6 nitrogen and oxygen atoms in total. The summed E-state index contributed by atoms with van der Waals surface area (Å²) in [6.07, 6.45) is 2.00. The summed E-state index contributed by atoms with van der Waals surface area (Å²) in [5, 5.41) is 9.61. The fourth-order valence-electron chi connectivity index (χ4n) is 3.62. The van der Waals surface area contributed by atoms with Crippen LogP contribution >= 0.6 is 0 Å². The number of hydrogen-bond donors (Lipinski definition) is 0. The van der Waals surface area contributed by atoms with Crippen LogP contribution in [0.4, 0.5) is 0 Å². The molecule has 0 unspecified atom stereocenters. The van der Waals surface area contributed by atoms with E-state index in [2.05, 4.69) is 26.9 Å². The Kier molecular flexibility index (Phi) is 4.88. The highest BCUT2D eigenvalue weighted by Gasteiger charge is 2.17. The van der Waals surface area contributed by atoms with Gasteiger partial charge < -0.3 is 18.5 Å². The van der Waals surface area contributed by atoms with Crippen LogP contribution in [0.25, 0.3) is 33.8 Å². The molecule has 0 saturated heterocycles. The van der Waals surface area contributed by atoms with Crippen molar-refractivity contribution in [1.82, 2.24) is 14.8 Å². The first kappa shape index (κ1) is 18.9. The summed E-state index contributed by atoms with van der Waals surface area (Å²) < 4.78 is 19.5. The first-order valence-electron chi connectivity index (χ1n) is 9.96. The lowest BCUT2D eigenvalue weighted by atomic mass is 10.2. The molecule has 2 heterocycles. The van der Waals surface area contributed by atoms with Crippen LogP contribution in [0.2, 0.25) is 0 Å². The Hall–Kier alpha value is -4.06. The number of methoxy groups -OCH3 is 1. The molecule has 0 saturated carbocycles. The van der Waals surface area contributed by atoms with Crippen LogP contribution in [-0.4, -0.2) is 21.9 Å². The average molecular weight is 411 g/mol. The fourth-order valence-corrected chi connectivity index (χ4v) is 3.62. The second kappa shape index (κ2) is 7.99. The second-order valence-corrected chi connectivity index (χ2v) is 7.22. The molecule has 154 valence electrons. The van der Waals surface area contributed by atoms with Crippen molar-refractivity contribution >= 4 is 10.9 Å². The SMILES string of the molecule is COc1cc(-c2nnc(-c3cn(C)c4ccccc34)o2)ccc1OCc1ccccc1. The van der Waals surface area contributed by atoms with Crippen molar-refractivity contribution in [3.63, 3.8) is 0 Å². The van der Waals surface area contributed by atoms with Crippen molar-refractivity contribution in [2.24, 2.45) is 7.05 Å². The zero-order valence-corrected chi connectivity index (χ0v) is 17.3. The number of hydrogen-bond acceptors (Lipinski definition) is 5. The van der Waals surface area contributed by atoms with Crippen molar-refractivity contribution in [1.29, 1.82) is 0 Å². The first-order chi connectivity index (χ1) is 15.2. The van der Waals surface area contributed by atoms with Gasteiger partial charge in [0, 0.05) is 29.7 Å². The van der Waals surface area contributed by atoms with Crippen LogP contribution < -0.4 is 9.47 Å². The molecule has 0 amide bonds. The smallest absolute Gasteiger partial charge is 0.250 e. The summed E-state index contributed by atoms with van der Waals surface area (Å²) >= 11 is 0. The molecule has 0 fully saturated rings. The lowest BCUT2D eigenvalue weighted by Gasteiger charge is -2.11. The predicted molar refractivity (Wildman–Crippen MR) is 119 cm³/mol. The van der Waals surface area contributed by atoms with Gasteiger partial charge in [-0.15, -0.1) is 10.2 Å². The van der Waals surface area contributed by atoms with E-state index < -0.39 is 0 Å². The maximum Gasteiger partial charge on any atom is 0.250 e. The molecule has 0 aliphatic rings. The Morgan fingerprint density at radius 2 is 1.65 bits per heavy atom. The minimum absolute atomic E-state index is 0.427. The molecule has 5 aromatic rings. The van der Waals surface area contributed by atoms with Gasteiger partial charge in [-0.05, 0) is 29.8 Å². The van der Waals surface area contributed by atoms with Gasteiger partial charge in [0.2, 0.25) is 11.8 Å². The number of para-hydroxylation sites is 1. The van der Waals surface area contributed by atoms with Crippen molar-refractivity contribution in [3.8, 4) is 34.4 Å². The number of aryl methyl sites for hydroxylation is 1. The topological polar surface area (TPSA) is 62.3 Å². The number of benzene rings is 3. The molecule has 0 spiro atoms. The van der Waals surface area contributed by atoms with Crippen LogP contribution in [-0.2, 0) is 13.7 Å². The summed E-state index contributed by atoms with van der Waals surface area (Å²) in [6, 6.07) is 23.7. The van der Waals surface area contributed by atoms with Gasteiger partial charge in [0.15, 0.2) is 11.5 Å². The van der Waals surface area contributed by atoms with Gasteiger partial charge in [-0.25, -0.2) is 0 Å². The molecule has 2 aromatic heterocycles. The standard InChI is InChI=1S/C25H21N3O3/c1-28-15-20(19-10-6-7-11-21(19)28)25-27-26-24(31-25)18-12-13-22(23(14-18)29-2)30-16-17-8-4-3-5-9-17/h3-15H,16H2,1-2H3. The van der Waals surface area contributed by atoms with E-state index in [4.69, 9.17) is 13.9 Å². The highest BCUT2D eigenvalue weighted by atomic mass is 16.5. The molecule has 0 aliphatic carbocycles. The third-order valence-corrected chi connectivity index (χ3v) is 5.20. The highest BCUT2D eigenvalue weighted by molar-refractivity contribution is 5.94. The van der Waals surface area contributed by atoms with Crippen molar-refractivity contribution in [2.45, 2.75) is 6.61 Å². The maximum atomic E-state index is 6.01. The minimum Gasteiger partial charge on any atom is -0.493 e. The van der Waals surface area contributed by atoms with Gasteiger partial charge in [-0.3, -0.25) is 0 Å². The van der Waals surface area contributed by atoms with Crippen LogP contribution in [0, 0.1) is 0 Å². The second-order valence-electron chi connectivity index (χ2n) is 7.22. The van der Waals surface area contributed by atoms with E-state index >= 15 is 0 Å². The quantitative estimate of drug-likeness (QED) is 0.370. The normalized spacial score (nSPS) is 11.0. The largest absolute Gasteiger partial charge is 0.493 e. The van der Waals surface area contributed by atoms with Crippen molar-refractivity contribution in [3.05, 3.63) is 84.6 Å². The molecule has 0 aliphatic heterocycles.